The third-order valence-electron chi connectivity index (χ3n) is 4.79. The van der Waals surface area contributed by atoms with Gasteiger partial charge < -0.3 is 9.30 Å². The van der Waals surface area contributed by atoms with Gasteiger partial charge in [-0.05, 0) is 43.8 Å². The van der Waals surface area contributed by atoms with Gasteiger partial charge in [-0.1, -0.05) is 30.3 Å². The van der Waals surface area contributed by atoms with Gasteiger partial charge in [0.2, 0.25) is 0 Å². The summed E-state index contributed by atoms with van der Waals surface area (Å²) in [5, 5.41) is 0. The Morgan fingerprint density at radius 3 is 2.87 bits per heavy atom. The van der Waals surface area contributed by atoms with Gasteiger partial charge in [0.15, 0.2) is 0 Å². The molecule has 3 rings (SSSR count). The lowest BCUT2D eigenvalue weighted by Gasteiger charge is -2.20. The van der Waals surface area contributed by atoms with E-state index in [1.807, 2.05) is 6.20 Å². The average molecular weight is 313 g/mol. The van der Waals surface area contributed by atoms with Gasteiger partial charge >= 0.3 is 0 Å². The first kappa shape index (κ1) is 16.2. The molecule has 1 aromatic heterocycles. The molecule has 1 aliphatic rings. The van der Waals surface area contributed by atoms with E-state index in [2.05, 4.69) is 51.0 Å². The fraction of sp³-hybridized carbons (Fsp3) is 0.526. The summed E-state index contributed by atoms with van der Waals surface area (Å²) in [5.41, 5.74) is 1.50. The second kappa shape index (κ2) is 8.27. The third kappa shape index (κ3) is 4.43. The van der Waals surface area contributed by atoms with E-state index in [1.54, 1.807) is 7.11 Å². The van der Waals surface area contributed by atoms with E-state index in [4.69, 9.17) is 4.74 Å². The predicted molar refractivity (Wildman–Crippen MR) is 92.4 cm³/mol. The molecule has 0 radical (unpaired) electrons. The fourth-order valence-corrected chi connectivity index (χ4v) is 3.46. The molecular weight excluding hydrogens is 286 g/mol. The minimum Gasteiger partial charge on any atom is -0.383 e. The summed E-state index contributed by atoms with van der Waals surface area (Å²) in [6.45, 7) is 4.88. The fourth-order valence-electron chi connectivity index (χ4n) is 3.46. The molecule has 23 heavy (non-hydrogen) atoms. The number of imidazole rings is 1. The minimum absolute atomic E-state index is 0.703. The molecule has 1 saturated heterocycles. The summed E-state index contributed by atoms with van der Waals surface area (Å²) in [7, 11) is 1.75. The molecular formula is C19H27N3O. The van der Waals surface area contributed by atoms with Crippen LogP contribution in [0.5, 0.6) is 0 Å². The standard InChI is InChI=1S/C19H27N3O/c1-23-15-14-22-13-10-20-19(22)16-21-11-5-8-18(9-12-21)17-6-3-2-4-7-17/h2-4,6-7,10,13,18H,5,8-9,11-12,14-16H2,1H3. The van der Waals surface area contributed by atoms with Crippen molar-refractivity contribution >= 4 is 0 Å². The Bertz CT molecular complexity index is 581. The quantitative estimate of drug-likeness (QED) is 0.820. The van der Waals surface area contributed by atoms with Crippen LogP contribution in [0.15, 0.2) is 42.7 Å². The molecule has 2 heterocycles. The maximum atomic E-state index is 5.18. The number of hydrogen-bond acceptors (Lipinski definition) is 3. The normalized spacial score (nSPS) is 19.6. The van der Waals surface area contributed by atoms with E-state index in [1.165, 1.54) is 31.4 Å². The highest BCUT2D eigenvalue weighted by Gasteiger charge is 2.19. The first-order valence-corrected chi connectivity index (χ1v) is 8.63. The monoisotopic (exact) mass is 313 g/mol. The molecule has 4 heteroatoms. The van der Waals surface area contributed by atoms with Gasteiger partial charge in [0, 0.05) is 26.0 Å². The second-order valence-corrected chi connectivity index (χ2v) is 6.34. The van der Waals surface area contributed by atoms with Crippen molar-refractivity contribution in [2.75, 3.05) is 26.8 Å². The Labute approximate surface area is 139 Å². The molecule has 0 saturated carbocycles. The summed E-state index contributed by atoms with van der Waals surface area (Å²) < 4.78 is 7.39. The Hall–Kier alpha value is -1.65. The number of ether oxygens (including phenoxy) is 1. The van der Waals surface area contributed by atoms with Gasteiger partial charge in [-0.3, -0.25) is 4.90 Å². The molecule has 0 spiro atoms. The highest BCUT2D eigenvalue weighted by atomic mass is 16.5. The van der Waals surface area contributed by atoms with E-state index in [0.29, 0.717) is 5.92 Å². The molecule has 4 nitrogen and oxygen atoms in total. The molecule has 2 aromatic rings. The van der Waals surface area contributed by atoms with Crippen LogP contribution in [-0.2, 0) is 17.8 Å². The Morgan fingerprint density at radius 2 is 2.04 bits per heavy atom. The first-order valence-electron chi connectivity index (χ1n) is 8.63. The Balaban J connectivity index is 1.57. The number of nitrogens with zero attached hydrogens (tertiary/aromatic N) is 3. The van der Waals surface area contributed by atoms with Crippen molar-refractivity contribution in [1.82, 2.24) is 14.5 Å². The van der Waals surface area contributed by atoms with Crippen molar-refractivity contribution in [2.24, 2.45) is 0 Å². The van der Waals surface area contributed by atoms with Crippen LogP contribution in [0, 0.1) is 0 Å². The van der Waals surface area contributed by atoms with Crippen LogP contribution < -0.4 is 0 Å². The summed E-state index contributed by atoms with van der Waals surface area (Å²) in [5.74, 6) is 1.86. The van der Waals surface area contributed by atoms with E-state index in [9.17, 15) is 0 Å². The van der Waals surface area contributed by atoms with Crippen LogP contribution in [0.4, 0.5) is 0 Å². The summed E-state index contributed by atoms with van der Waals surface area (Å²) >= 11 is 0. The van der Waals surface area contributed by atoms with Crippen LogP contribution in [0.3, 0.4) is 0 Å². The van der Waals surface area contributed by atoms with Crippen LogP contribution in [0.25, 0.3) is 0 Å². The molecule has 1 fully saturated rings. The van der Waals surface area contributed by atoms with Gasteiger partial charge in [-0.25, -0.2) is 4.98 Å². The van der Waals surface area contributed by atoms with Gasteiger partial charge in [-0.15, -0.1) is 0 Å². The lowest BCUT2D eigenvalue weighted by atomic mass is 9.92. The van der Waals surface area contributed by atoms with Crippen molar-refractivity contribution < 1.29 is 4.74 Å². The Morgan fingerprint density at radius 1 is 1.17 bits per heavy atom. The Kier molecular flexibility index (Phi) is 5.83. The summed E-state index contributed by atoms with van der Waals surface area (Å²) in [4.78, 5) is 7.09. The zero-order chi connectivity index (χ0) is 15.9. The SMILES string of the molecule is COCCn1ccnc1CN1CCCC(c2ccccc2)CC1. The topological polar surface area (TPSA) is 30.3 Å². The van der Waals surface area contributed by atoms with E-state index in [-0.39, 0.29) is 0 Å². The van der Waals surface area contributed by atoms with E-state index >= 15 is 0 Å². The lowest BCUT2D eigenvalue weighted by molar-refractivity contribution is 0.184. The van der Waals surface area contributed by atoms with Gasteiger partial charge in [-0.2, -0.15) is 0 Å². The van der Waals surface area contributed by atoms with Crippen molar-refractivity contribution in [1.29, 1.82) is 0 Å². The van der Waals surface area contributed by atoms with Gasteiger partial charge in [0.1, 0.15) is 5.82 Å². The lowest BCUT2D eigenvalue weighted by Crippen LogP contribution is -2.26. The van der Waals surface area contributed by atoms with Crippen molar-refractivity contribution in [3.05, 3.63) is 54.1 Å². The molecule has 1 aliphatic heterocycles. The van der Waals surface area contributed by atoms with Crippen LogP contribution in [0.2, 0.25) is 0 Å². The summed E-state index contributed by atoms with van der Waals surface area (Å²) in [6.07, 6.45) is 7.74. The zero-order valence-electron chi connectivity index (χ0n) is 14.0. The van der Waals surface area contributed by atoms with Crippen LogP contribution in [0.1, 0.15) is 36.6 Å². The molecule has 0 amide bonds. The molecule has 124 valence electrons. The van der Waals surface area contributed by atoms with Crippen molar-refractivity contribution in [3.63, 3.8) is 0 Å². The molecule has 1 aromatic carbocycles. The minimum atomic E-state index is 0.703. The highest BCUT2D eigenvalue weighted by Crippen LogP contribution is 2.28. The second-order valence-electron chi connectivity index (χ2n) is 6.34. The number of benzene rings is 1. The molecule has 0 aliphatic carbocycles. The number of aromatic nitrogens is 2. The molecule has 1 unspecified atom stereocenters. The van der Waals surface area contributed by atoms with E-state index < -0.39 is 0 Å². The smallest absolute Gasteiger partial charge is 0.122 e. The maximum Gasteiger partial charge on any atom is 0.122 e. The van der Waals surface area contributed by atoms with Gasteiger partial charge in [0.05, 0.1) is 13.2 Å². The van der Waals surface area contributed by atoms with E-state index in [0.717, 1.165) is 32.1 Å². The molecule has 0 N–H and O–H groups in total. The maximum absolute atomic E-state index is 5.18. The average Bonchev–Trinajstić information content (AvgIpc) is 2.89. The number of hydrogen-bond donors (Lipinski definition) is 0. The number of rotatable bonds is 6. The van der Waals surface area contributed by atoms with Crippen molar-refractivity contribution in [2.45, 2.75) is 38.3 Å². The van der Waals surface area contributed by atoms with Gasteiger partial charge in [0.25, 0.3) is 0 Å². The third-order valence-corrected chi connectivity index (χ3v) is 4.79. The molecule has 0 bridgehead atoms. The first-order chi connectivity index (χ1) is 11.4. The largest absolute Gasteiger partial charge is 0.383 e. The number of methoxy groups -OCH3 is 1. The number of likely N-dealkylation sites (tertiary alicyclic amines) is 1. The predicted octanol–water partition coefficient (Wildman–Crippen LogP) is 3.30. The van der Waals surface area contributed by atoms with Crippen molar-refractivity contribution in [3.8, 4) is 0 Å². The van der Waals surface area contributed by atoms with Crippen LogP contribution in [-0.4, -0.2) is 41.3 Å². The molecule has 1 atom stereocenters. The highest BCUT2D eigenvalue weighted by molar-refractivity contribution is 5.19. The zero-order valence-corrected chi connectivity index (χ0v) is 14.0. The van der Waals surface area contributed by atoms with Crippen LogP contribution >= 0.6 is 0 Å². The summed E-state index contributed by atoms with van der Waals surface area (Å²) in [6, 6.07) is 11.0.